The molecule has 3 heterocycles. The van der Waals surface area contributed by atoms with Gasteiger partial charge in [-0.2, -0.15) is 5.10 Å². The van der Waals surface area contributed by atoms with Crippen LogP contribution in [0.3, 0.4) is 0 Å². The van der Waals surface area contributed by atoms with Gasteiger partial charge in [0.25, 0.3) is 5.56 Å². The molecular formula is C31H35N5O4. The van der Waals surface area contributed by atoms with Gasteiger partial charge in [0.05, 0.1) is 29.6 Å². The molecule has 2 N–H and O–H groups in total. The van der Waals surface area contributed by atoms with Crippen LogP contribution < -0.4 is 5.56 Å². The number of hydrogen-bond donors (Lipinski definition) is 2. The van der Waals surface area contributed by atoms with Gasteiger partial charge in [-0.15, -0.1) is 0 Å². The van der Waals surface area contributed by atoms with Crippen LogP contribution >= 0.6 is 0 Å². The smallest absolute Gasteiger partial charge is 0.296 e. The van der Waals surface area contributed by atoms with Gasteiger partial charge in [-0.3, -0.25) is 14.2 Å². The molecule has 1 saturated heterocycles. The number of piperidine rings is 1. The third kappa shape index (κ3) is 4.84. The molecule has 1 unspecified atom stereocenters. The fourth-order valence-corrected chi connectivity index (χ4v) is 6.15. The number of carbonyl (C=O) groups is 1. The first-order chi connectivity index (χ1) is 19.1. The minimum Gasteiger partial charge on any atom is -0.388 e. The quantitative estimate of drug-likeness (QED) is 0.388. The number of aliphatic hydroxyl groups is 2. The molecule has 1 aliphatic heterocycles. The van der Waals surface area contributed by atoms with E-state index in [-0.39, 0.29) is 29.6 Å². The SMILES string of the molecule is C[C@H](CC(=O)N1CCC(O)(Cn2cnn3c(-c4ccc5c(c4)CCC5(C)O)cnc3c2=O)CC1)c1ccccc1. The zero-order valence-electron chi connectivity index (χ0n) is 23.0. The molecule has 2 atom stereocenters. The first kappa shape index (κ1) is 26.4. The highest BCUT2D eigenvalue weighted by atomic mass is 16.3. The lowest BCUT2D eigenvalue weighted by Gasteiger charge is -2.38. The fraction of sp³-hybridized carbons (Fsp3) is 0.419. The van der Waals surface area contributed by atoms with Crippen LogP contribution in [0.2, 0.25) is 0 Å². The Morgan fingerprint density at radius 1 is 1.07 bits per heavy atom. The van der Waals surface area contributed by atoms with Gasteiger partial charge in [0.2, 0.25) is 11.6 Å². The average molecular weight is 542 g/mol. The first-order valence-electron chi connectivity index (χ1n) is 14.0. The van der Waals surface area contributed by atoms with Crippen LogP contribution in [-0.4, -0.2) is 58.9 Å². The second-order valence-corrected chi connectivity index (χ2v) is 11.7. The highest BCUT2D eigenvalue weighted by Crippen LogP contribution is 2.38. The maximum atomic E-state index is 13.3. The van der Waals surface area contributed by atoms with E-state index in [9.17, 15) is 19.8 Å². The number of fused-ring (bicyclic) bond motifs is 2. The van der Waals surface area contributed by atoms with E-state index in [0.29, 0.717) is 44.5 Å². The maximum Gasteiger partial charge on any atom is 0.296 e. The summed E-state index contributed by atoms with van der Waals surface area (Å²) in [5, 5.41) is 26.4. The van der Waals surface area contributed by atoms with Crippen molar-refractivity contribution >= 4 is 11.6 Å². The summed E-state index contributed by atoms with van der Waals surface area (Å²) < 4.78 is 2.95. The molecule has 6 rings (SSSR count). The number of hydrogen-bond acceptors (Lipinski definition) is 6. The molecule has 9 nitrogen and oxygen atoms in total. The molecule has 2 aliphatic rings. The Hall–Kier alpha value is -3.82. The van der Waals surface area contributed by atoms with Crippen molar-refractivity contribution in [1.82, 2.24) is 24.1 Å². The van der Waals surface area contributed by atoms with Crippen molar-refractivity contribution in [1.29, 1.82) is 0 Å². The van der Waals surface area contributed by atoms with Crippen molar-refractivity contribution in [2.75, 3.05) is 13.1 Å². The Kier molecular flexibility index (Phi) is 6.59. The highest BCUT2D eigenvalue weighted by Gasteiger charge is 2.35. The zero-order valence-corrected chi connectivity index (χ0v) is 23.0. The lowest BCUT2D eigenvalue weighted by atomic mass is 9.90. The number of imidazole rings is 1. The van der Waals surface area contributed by atoms with Crippen LogP contribution in [0.25, 0.3) is 16.9 Å². The highest BCUT2D eigenvalue weighted by molar-refractivity contribution is 5.77. The van der Waals surface area contributed by atoms with E-state index in [1.54, 1.807) is 6.20 Å². The number of aryl methyl sites for hydroxylation is 1. The second kappa shape index (κ2) is 9.98. The number of nitrogens with zero attached hydrogens (tertiary/aromatic N) is 5. The summed E-state index contributed by atoms with van der Waals surface area (Å²) >= 11 is 0. The molecule has 0 spiro atoms. The Morgan fingerprint density at radius 2 is 1.82 bits per heavy atom. The van der Waals surface area contributed by atoms with Gasteiger partial charge in [0, 0.05) is 25.1 Å². The summed E-state index contributed by atoms with van der Waals surface area (Å²) in [5.74, 6) is 0.204. The summed E-state index contributed by atoms with van der Waals surface area (Å²) in [5.41, 5.74) is 2.68. The summed E-state index contributed by atoms with van der Waals surface area (Å²) in [6, 6.07) is 15.9. The van der Waals surface area contributed by atoms with Crippen molar-refractivity contribution in [2.45, 2.75) is 69.6 Å². The van der Waals surface area contributed by atoms with E-state index in [1.807, 2.05) is 60.4 Å². The van der Waals surface area contributed by atoms with E-state index in [0.717, 1.165) is 28.7 Å². The third-order valence-electron chi connectivity index (χ3n) is 8.72. The molecule has 208 valence electrons. The monoisotopic (exact) mass is 541 g/mol. The normalized spacial score (nSPS) is 20.9. The molecule has 1 fully saturated rings. The van der Waals surface area contributed by atoms with Gasteiger partial charge in [-0.05, 0) is 61.3 Å². The van der Waals surface area contributed by atoms with Crippen LogP contribution in [-0.2, 0) is 23.4 Å². The Balaban J connectivity index is 1.14. The third-order valence-corrected chi connectivity index (χ3v) is 8.72. The molecule has 9 heteroatoms. The van der Waals surface area contributed by atoms with Crippen molar-refractivity contribution < 1.29 is 15.0 Å². The summed E-state index contributed by atoms with van der Waals surface area (Å²) in [7, 11) is 0. The van der Waals surface area contributed by atoms with Gasteiger partial charge >= 0.3 is 0 Å². The van der Waals surface area contributed by atoms with E-state index in [4.69, 9.17) is 0 Å². The molecule has 0 bridgehead atoms. The van der Waals surface area contributed by atoms with Crippen LogP contribution in [0.4, 0.5) is 0 Å². The lowest BCUT2D eigenvalue weighted by molar-refractivity contribution is -0.136. The van der Waals surface area contributed by atoms with Gasteiger partial charge in [-0.25, -0.2) is 9.50 Å². The molecule has 2 aromatic carbocycles. The van der Waals surface area contributed by atoms with Crippen LogP contribution in [0.5, 0.6) is 0 Å². The summed E-state index contributed by atoms with van der Waals surface area (Å²) in [4.78, 5) is 32.4. The molecule has 40 heavy (non-hydrogen) atoms. The van der Waals surface area contributed by atoms with Gasteiger partial charge < -0.3 is 15.1 Å². The summed E-state index contributed by atoms with van der Waals surface area (Å²) in [6.07, 6.45) is 5.76. The predicted molar refractivity (Wildman–Crippen MR) is 151 cm³/mol. The Bertz CT molecular complexity index is 1620. The number of benzene rings is 2. The molecule has 1 amide bonds. The van der Waals surface area contributed by atoms with Crippen LogP contribution in [0, 0.1) is 0 Å². The molecule has 0 saturated carbocycles. The first-order valence-corrected chi connectivity index (χ1v) is 14.0. The van der Waals surface area contributed by atoms with Crippen molar-refractivity contribution in [2.24, 2.45) is 0 Å². The van der Waals surface area contributed by atoms with Crippen molar-refractivity contribution in [3.8, 4) is 11.3 Å². The van der Waals surface area contributed by atoms with Gasteiger partial charge in [0.15, 0.2) is 0 Å². The zero-order chi connectivity index (χ0) is 28.1. The van der Waals surface area contributed by atoms with E-state index >= 15 is 0 Å². The Labute approximate surface area is 232 Å². The lowest BCUT2D eigenvalue weighted by Crippen LogP contribution is -2.50. The topological polar surface area (TPSA) is 113 Å². The van der Waals surface area contributed by atoms with E-state index < -0.39 is 11.2 Å². The maximum absolute atomic E-state index is 13.3. The number of aromatic nitrogens is 4. The standard InChI is InChI=1S/C31H35N5O4/c1-21(22-6-4-3-5-7-22)16-27(37)34-14-12-31(40,13-15-34)19-35-20-33-36-26(18-32-28(36)29(35)38)24-8-9-25-23(17-24)10-11-30(25,2)39/h3-9,17-18,20-21,39-40H,10-16,19H2,1-2H3/t21-,30?/m1/s1. The molecular weight excluding hydrogens is 506 g/mol. The number of amides is 1. The fourth-order valence-electron chi connectivity index (χ4n) is 6.15. The van der Waals surface area contributed by atoms with Crippen molar-refractivity contribution in [3.05, 3.63) is 88.1 Å². The van der Waals surface area contributed by atoms with Gasteiger partial charge in [0.1, 0.15) is 6.33 Å². The van der Waals surface area contributed by atoms with Crippen molar-refractivity contribution in [3.63, 3.8) is 0 Å². The van der Waals surface area contributed by atoms with Gasteiger partial charge in [-0.1, -0.05) is 49.4 Å². The minimum atomic E-state index is -1.11. The summed E-state index contributed by atoms with van der Waals surface area (Å²) in [6.45, 7) is 4.87. The number of carbonyl (C=O) groups excluding carboxylic acids is 1. The number of likely N-dealkylation sites (tertiary alicyclic amines) is 1. The van der Waals surface area contributed by atoms with Crippen LogP contribution in [0.15, 0.2) is 65.8 Å². The Morgan fingerprint density at radius 3 is 2.58 bits per heavy atom. The molecule has 4 aromatic rings. The average Bonchev–Trinajstić information content (AvgIpc) is 3.52. The molecule has 1 aliphatic carbocycles. The minimum absolute atomic E-state index is 0.0822. The van der Waals surface area contributed by atoms with E-state index in [2.05, 4.69) is 17.0 Å². The largest absolute Gasteiger partial charge is 0.388 e. The molecule has 0 radical (unpaired) electrons. The molecule has 2 aromatic heterocycles. The second-order valence-electron chi connectivity index (χ2n) is 11.7. The number of rotatable bonds is 6. The van der Waals surface area contributed by atoms with Crippen LogP contribution in [0.1, 0.15) is 62.1 Å². The predicted octanol–water partition coefficient (Wildman–Crippen LogP) is 3.26. The van der Waals surface area contributed by atoms with E-state index in [1.165, 1.54) is 15.4 Å².